The van der Waals surface area contributed by atoms with E-state index >= 15 is 0 Å². The van der Waals surface area contributed by atoms with Crippen molar-refractivity contribution < 1.29 is 0 Å². The minimum absolute atomic E-state index is 0. The molecule has 1 nitrogen and oxygen atoms in total. The predicted octanol–water partition coefficient (Wildman–Crippen LogP) is 5.56. The molecule has 2 saturated heterocycles. The predicted molar refractivity (Wildman–Crippen MR) is 105 cm³/mol. The number of rotatable bonds is 2. The van der Waals surface area contributed by atoms with Gasteiger partial charge in [0, 0.05) is 12.6 Å². The molecule has 0 bridgehead atoms. The van der Waals surface area contributed by atoms with Crippen LogP contribution < -0.4 is 0 Å². The van der Waals surface area contributed by atoms with Crippen LogP contribution in [0, 0.1) is 0 Å². The van der Waals surface area contributed by atoms with E-state index in [1.54, 1.807) is 5.57 Å². The van der Waals surface area contributed by atoms with Gasteiger partial charge >= 0.3 is 0 Å². The lowest BCUT2D eigenvalue weighted by atomic mass is 9.83. The Morgan fingerprint density at radius 3 is 2.04 bits per heavy atom. The van der Waals surface area contributed by atoms with E-state index in [0.717, 1.165) is 6.04 Å². The van der Waals surface area contributed by atoms with Crippen molar-refractivity contribution in [2.45, 2.75) is 38.1 Å². The summed E-state index contributed by atoms with van der Waals surface area (Å²) in [6.07, 6.45) is 6.63. The number of nitrogens with zero attached hydrogens (tertiary/aromatic N) is 1. The van der Waals surface area contributed by atoms with E-state index in [1.165, 1.54) is 61.9 Å². The highest BCUT2D eigenvalue weighted by Gasteiger charge is 2.28. The van der Waals surface area contributed by atoms with E-state index < -0.39 is 0 Å². The van der Waals surface area contributed by atoms with Crippen molar-refractivity contribution in [1.82, 2.24) is 4.90 Å². The quantitative estimate of drug-likeness (QED) is 0.692. The van der Waals surface area contributed by atoms with Gasteiger partial charge in [-0.3, -0.25) is 4.90 Å². The first kappa shape index (κ1) is 17.3. The lowest BCUT2D eigenvalue weighted by Gasteiger charge is -2.41. The van der Waals surface area contributed by atoms with Crippen molar-refractivity contribution in [3.05, 3.63) is 77.4 Å². The van der Waals surface area contributed by atoms with Crippen molar-refractivity contribution in [3.63, 3.8) is 0 Å². The van der Waals surface area contributed by atoms with Gasteiger partial charge in [0.2, 0.25) is 0 Å². The molecular weight excluding hydrogens is 314 g/mol. The molecule has 2 heterocycles. The fraction of sp³-hybridized carbons (Fsp3) is 0.364. The topological polar surface area (TPSA) is 3.24 Å². The minimum atomic E-state index is 0. The number of hydrogen-bond donors (Lipinski definition) is 0. The summed E-state index contributed by atoms with van der Waals surface area (Å²) in [5.41, 5.74) is 5.89. The van der Waals surface area contributed by atoms with Gasteiger partial charge in [-0.1, -0.05) is 72.7 Å². The monoisotopic (exact) mass is 339 g/mol. The van der Waals surface area contributed by atoms with Crippen LogP contribution >= 0.6 is 12.4 Å². The van der Waals surface area contributed by atoms with Gasteiger partial charge in [-0.2, -0.15) is 0 Å². The zero-order valence-electron chi connectivity index (χ0n) is 14.2. The molecule has 0 aromatic heterocycles. The summed E-state index contributed by atoms with van der Waals surface area (Å²) in [6, 6.07) is 22.7. The normalized spacial score (nSPS) is 20.8. The SMILES string of the molecule is Cl.c1ccc(C(=C2CCN3CCCCC3C2)c2ccccc2)cc1. The zero-order valence-corrected chi connectivity index (χ0v) is 15.0. The number of hydrogen-bond acceptors (Lipinski definition) is 1. The van der Waals surface area contributed by atoms with Crippen molar-refractivity contribution in [2.75, 3.05) is 13.1 Å². The molecule has 1 atom stereocenters. The molecule has 2 aromatic carbocycles. The smallest absolute Gasteiger partial charge is 0.0133 e. The van der Waals surface area contributed by atoms with Gasteiger partial charge in [0.25, 0.3) is 0 Å². The van der Waals surface area contributed by atoms with Gasteiger partial charge in [0.1, 0.15) is 0 Å². The molecule has 0 spiro atoms. The Balaban J connectivity index is 0.00000169. The van der Waals surface area contributed by atoms with E-state index in [2.05, 4.69) is 65.6 Å². The third-order valence-electron chi connectivity index (χ3n) is 5.41. The lowest BCUT2D eigenvalue weighted by molar-refractivity contribution is 0.130. The number of piperidine rings is 2. The second-order valence-electron chi connectivity index (χ2n) is 6.85. The maximum Gasteiger partial charge on any atom is 0.0133 e. The van der Waals surface area contributed by atoms with E-state index in [9.17, 15) is 0 Å². The van der Waals surface area contributed by atoms with Crippen molar-refractivity contribution in [1.29, 1.82) is 0 Å². The van der Waals surface area contributed by atoms with Crippen LogP contribution in [-0.2, 0) is 0 Å². The Hall–Kier alpha value is -1.57. The molecule has 24 heavy (non-hydrogen) atoms. The fourth-order valence-electron chi connectivity index (χ4n) is 4.26. The highest BCUT2D eigenvalue weighted by molar-refractivity contribution is 5.85. The lowest BCUT2D eigenvalue weighted by Crippen LogP contribution is -2.43. The number of benzene rings is 2. The average molecular weight is 340 g/mol. The summed E-state index contributed by atoms with van der Waals surface area (Å²) in [7, 11) is 0. The molecule has 0 radical (unpaired) electrons. The van der Waals surface area contributed by atoms with E-state index in [1.807, 2.05) is 0 Å². The van der Waals surface area contributed by atoms with Crippen molar-refractivity contribution in [2.24, 2.45) is 0 Å². The fourth-order valence-corrected chi connectivity index (χ4v) is 4.26. The van der Waals surface area contributed by atoms with Crippen LogP contribution in [0.25, 0.3) is 5.57 Å². The molecule has 4 rings (SSSR count). The average Bonchev–Trinajstić information content (AvgIpc) is 2.64. The maximum absolute atomic E-state index is 2.72. The molecule has 126 valence electrons. The molecule has 2 aliphatic rings. The van der Waals surface area contributed by atoms with E-state index in [0.29, 0.717) is 0 Å². The summed E-state index contributed by atoms with van der Waals surface area (Å²) < 4.78 is 0. The van der Waals surface area contributed by atoms with Gasteiger partial charge in [0.05, 0.1) is 0 Å². The van der Waals surface area contributed by atoms with Gasteiger partial charge in [0.15, 0.2) is 0 Å². The van der Waals surface area contributed by atoms with Crippen molar-refractivity contribution in [3.8, 4) is 0 Å². The van der Waals surface area contributed by atoms with Gasteiger partial charge < -0.3 is 0 Å². The summed E-state index contributed by atoms with van der Waals surface area (Å²) in [5, 5.41) is 0. The molecule has 2 aromatic rings. The van der Waals surface area contributed by atoms with Crippen LogP contribution in [0.15, 0.2) is 66.2 Å². The number of halogens is 1. The molecule has 0 amide bonds. The van der Waals surface area contributed by atoms with E-state index in [4.69, 9.17) is 0 Å². The summed E-state index contributed by atoms with van der Waals surface area (Å²) in [4.78, 5) is 2.72. The highest BCUT2D eigenvalue weighted by Crippen LogP contribution is 2.36. The van der Waals surface area contributed by atoms with Crippen molar-refractivity contribution >= 4 is 18.0 Å². The van der Waals surface area contributed by atoms with Gasteiger partial charge in [-0.15, -0.1) is 12.4 Å². The Morgan fingerprint density at radius 2 is 1.42 bits per heavy atom. The molecule has 2 aliphatic heterocycles. The second kappa shape index (κ2) is 8.00. The molecule has 1 unspecified atom stereocenters. The summed E-state index contributed by atoms with van der Waals surface area (Å²) in [6.45, 7) is 2.55. The third kappa shape index (κ3) is 3.58. The molecule has 0 N–H and O–H groups in total. The molecule has 0 saturated carbocycles. The Morgan fingerprint density at radius 1 is 0.792 bits per heavy atom. The van der Waals surface area contributed by atoms with Crippen LogP contribution in [0.3, 0.4) is 0 Å². The first-order valence-electron chi connectivity index (χ1n) is 8.99. The van der Waals surface area contributed by atoms with Crippen LogP contribution in [0.1, 0.15) is 43.2 Å². The van der Waals surface area contributed by atoms with Gasteiger partial charge in [-0.05, 0) is 48.9 Å². The first-order valence-corrected chi connectivity index (χ1v) is 8.99. The maximum atomic E-state index is 2.72. The third-order valence-corrected chi connectivity index (χ3v) is 5.41. The van der Waals surface area contributed by atoms with Crippen LogP contribution in [0.5, 0.6) is 0 Å². The molecular formula is C22H26ClN. The molecule has 0 aliphatic carbocycles. The van der Waals surface area contributed by atoms with E-state index in [-0.39, 0.29) is 12.4 Å². The Bertz CT molecular complexity index is 636. The second-order valence-corrected chi connectivity index (χ2v) is 6.85. The largest absolute Gasteiger partial charge is 0.300 e. The number of fused-ring (bicyclic) bond motifs is 1. The summed E-state index contributed by atoms with van der Waals surface area (Å²) in [5.74, 6) is 0. The molecule has 2 heteroatoms. The minimum Gasteiger partial charge on any atom is -0.300 e. The van der Waals surface area contributed by atoms with Crippen LogP contribution in [0.2, 0.25) is 0 Å². The zero-order chi connectivity index (χ0) is 15.5. The standard InChI is InChI=1S/C22H25N.ClH/c1-3-9-18(10-4-1)22(19-11-5-2-6-12-19)20-14-16-23-15-8-7-13-21(23)17-20;/h1-6,9-12,21H,7-8,13-17H2;1H. The van der Waals surface area contributed by atoms with Crippen LogP contribution in [0.4, 0.5) is 0 Å². The van der Waals surface area contributed by atoms with Crippen LogP contribution in [-0.4, -0.2) is 24.0 Å². The highest BCUT2D eigenvalue weighted by atomic mass is 35.5. The molecule has 2 fully saturated rings. The Kier molecular flexibility index (Phi) is 5.76. The first-order chi connectivity index (χ1) is 11.4. The Labute approximate surface area is 151 Å². The summed E-state index contributed by atoms with van der Waals surface area (Å²) >= 11 is 0. The van der Waals surface area contributed by atoms with Gasteiger partial charge in [-0.25, -0.2) is 0 Å².